The number of aromatic nitrogens is 2. The molecule has 1 amide bonds. The first kappa shape index (κ1) is 23.3. The van der Waals surface area contributed by atoms with Gasteiger partial charge in [0.2, 0.25) is 0 Å². The highest BCUT2D eigenvalue weighted by atomic mass is 35.5. The third-order valence-electron chi connectivity index (χ3n) is 5.56. The van der Waals surface area contributed by atoms with Crippen molar-refractivity contribution in [3.8, 4) is 33.9 Å². The fourth-order valence-electron chi connectivity index (χ4n) is 3.67. The Balaban J connectivity index is 1.38. The van der Waals surface area contributed by atoms with Crippen LogP contribution in [0.25, 0.3) is 22.4 Å². The fourth-order valence-corrected chi connectivity index (χ4v) is 3.80. The van der Waals surface area contributed by atoms with Crippen LogP contribution in [0, 0.1) is 12.7 Å². The van der Waals surface area contributed by atoms with Crippen molar-refractivity contribution in [1.29, 1.82) is 0 Å². The van der Waals surface area contributed by atoms with E-state index in [4.69, 9.17) is 16.3 Å². The highest BCUT2D eigenvalue weighted by molar-refractivity contribution is 6.30. The summed E-state index contributed by atoms with van der Waals surface area (Å²) in [4.78, 5) is 13.0. The van der Waals surface area contributed by atoms with Gasteiger partial charge in [-0.2, -0.15) is 9.78 Å². The zero-order valence-electron chi connectivity index (χ0n) is 19.3. The molecule has 1 N–H and O–H groups in total. The van der Waals surface area contributed by atoms with E-state index in [1.165, 1.54) is 16.8 Å². The van der Waals surface area contributed by atoms with Gasteiger partial charge >= 0.3 is 6.03 Å². The van der Waals surface area contributed by atoms with Crippen molar-refractivity contribution < 1.29 is 13.9 Å². The lowest BCUT2D eigenvalue weighted by Gasteiger charge is -2.08. The molecule has 5 aromatic rings. The van der Waals surface area contributed by atoms with Gasteiger partial charge in [0.15, 0.2) is 0 Å². The van der Waals surface area contributed by atoms with Crippen LogP contribution in [-0.4, -0.2) is 15.8 Å². The van der Waals surface area contributed by atoms with Crippen LogP contribution in [0.4, 0.5) is 14.9 Å². The maximum Gasteiger partial charge on any atom is 0.346 e. The molecule has 0 aliphatic rings. The SMILES string of the molecule is Cc1ccc(-c2nn(C(=O)Nc3ccc(Oc4ccc(Cl)cc4)cc3)cc2-c2ccc(F)cc2)cc1. The number of nitrogens with one attached hydrogen (secondary N) is 1. The Morgan fingerprint density at radius 2 is 1.42 bits per heavy atom. The Bertz CT molecular complexity index is 1430. The normalized spacial score (nSPS) is 10.8. The smallest absolute Gasteiger partial charge is 0.346 e. The first-order chi connectivity index (χ1) is 17.4. The Labute approximate surface area is 212 Å². The standard InChI is InChI=1S/C29H21ClFN3O2/c1-19-2-4-21(5-3-19)28-27(20-6-10-23(31)11-7-20)18-34(33-28)29(35)32-24-12-16-26(17-13-24)36-25-14-8-22(30)9-15-25/h2-18H,1H3,(H,32,35). The van der Waals surface area contributed by atoms with E-state index >= 15 is 0 Å². The van der Waals surface area contributed by atoms with Gasteiger partial charge in [0.1, 0.15) is 23.0 Å². The molecule has 0 fully saturated rings. The summed E-state index contributed by atoms with van der Waals surface area (Å²) in [7, 11) is 0. The monoisotopic (exact) mass is 497 g/mol. The summed E-state index contributed by atoms with van der Waals surface area (Å²) in [6.45, 7) is 2.00. The average molecular weight is 498 g/mol. The van der Waals surface area contributed by atoms with Crippen LogP contribution in [0.2, 0.25) is 5.02 Å². The summed E-state index contributed by atoms with van der Waals surface area (Å²) >= 11 is 5.91. The summed E-state index contributed by atoms with van der Waals surface area (Å²) in [6, 6.07) is 27.6. The molecule has 0 unspecified atom stereocenters. The van der Waals surface area contributed by atoms with Crippen molar-refractivity contribution in [3.63, 3.8) is 0 Å². The molecule has 0 aliphatic carbocycles. The third kappa shape index (κ3) is 5.29. The number of benzene rings is 4. The second-order valence-electron chi connectivity index (χ2n) is 8.22. The van der Waals surface area contributed by atoms with E-state index in [9.17, 15) is 9.18 Å². The summed E-state index contributed by atoms with van der Waals surface area (Å²) in [5, 5.41) is 8.04. The van der Waals surface area contributed by atoms with E-state index in [2.05, 4.69) is 10.4 Å². The van der Waals surface area contributed by atoms with Gasteiger partial charge in [0.25, 0.3) is 0 Å². The topological polar surface area (TPSA) is 56.2 Å². The van der Waals surface area contributed by atoms with Crippen LogP contribution < -0.4 is 10.1 Å². The number of nitrogens with zero attached hydrogens (tertiary/aromatic N) is 2. The number of carbonyl (C=O) groups excluding carboxylic acids is 1. The van der Waals surface area contributed by atoms with Gasteiger partial charge < -0.3 is 10.1 Å². The van der Waals surface area contributed by atoms with Crippen LogP contribution in [0.5, 0.6) is 11.5 Å². The van der Waals surface area contributed by atoms with E-state index in [-0.39, 0.29) is 5.82 Å². The summed E-state index contributed by atoms with van der Waals surface area (Å²) in [6.07, 6.45) is 1.65. The molecule has 0 spiro atoms. The second kappa shape index (κ2) is 10.1. The minimum Gasteiger partial charge on any atom is -0.457 e. The van der Waals surface area contributed by atoms with E-state index in [0.717, 1.165) is 22.3 Å². The van der Waals surface area contributed by atoms with Gasteiger partial charge in [-0.3, -0.25) is 0 Å². The Kier molecular flexibility index (Phi) is 6.52. The van der Waals surface area contributed by atoms with Crippen LogP contribution >= 0.6 is 11.6 Å². The maximum atomic E-state index is 13.5. The largest absolute Gasteiger partial charge is 0.457 e. The minimum atomic E-state index is -0.428. The van der Waals surface area contributed by atoms with E-state index < -0.39 is 6.03 Å². The summed E-state index contributed by atoms with van der Waals surface area (Å²) in [5.41, 5.74) is 4.66. The predicted octanol–water partition coefficient (Wildman–Crippen LogP) is 8.19. The molecule has 178 valence electrons. The average Bonchev–Trinajstić information content (AvgIpc) is 3.33. The molecule has 0 radical (unpaired) electrons. The lowest BCUT2D eigenvalue weighted by molar-refractivity contribution is 0.251. The Hall–Kier alpha value is -4.42. The van der Waals surface area contributed by atoms with Crippen molar-refractivity contribution in [1.82, 2.24) is 9.78 Å². The van der Waals surface area contributed by atoms with Crippen LogP contribution in [0.3, 0.4) is 0 Å². The molecule has 5 rings (SSSR count). The number of aryl methyl sites for hydroxylation is 1. The molecule has 7 heteroatoms. The van der Waals surface area contributed by atoms with Crippen molar-refractivity contribution in [2.75, 3.05) is 5.32 Å². The number of carbonyl (C=O) groups is 1. The zero-order chi connectivity index (χ0) is 25.1. The molecule has 4 aromatic carbocycles. The number of halogens is 2. The van der Waals surface area contributed by atoms with Crippen LogP contribution in [0.1, 0.15) is 5.56 Å². The number of rotatable bonds is 5. The first-order valence-corrected chi connectivity index (χ1v) is 11.6. The maximum absolute atomic E-state index is 13.5. The molecular weight excluding hydrogens is 477 g/mol. The van der Waals surface area contributed by atoms with Crippen molar-refractivity contribution in [2.24, 2.45) is 0 Å². The molecule has 0 saturated heterocycles. The second-order valence-corrected chi connectivity index (χ2v) is 8.66. The number of anilines is 1. The molecular formula is C29H21ClFN3O2. The lowest BCUT2D eigenvalue weighted by atomic mass is 10.0. The summed E-state index contributed by atoms with van der Waals surface area (Å²) < 4.78 is 20.6. The van der Waals surface area contributed by atoms with E-state index in [1.807, 2.05) is 31.2 Å². The summed E-state index contributed by atoms with van der Waals surface area (Å²) in [5.74, 6) is 0.948. The Morgan fingerprint density at radius 3 is 2.06 bits per heavy atom. The first-order valence-electron chi connectivity index (χ1n) is 11.2. The molecule has 1 heterocycles. The minimum absolute atomic E-state index is 0.329. The van der Waals surface area contributed by atoms with Gasteiger partial charge in [-0.15, -0.1) is 0 Å². The molecule has 5 nitrogen and oxygen atoms in total. The number of hydrogen-bond donors (Lipinski definition) is 1. The van der Waals surface area contributed by atoms with Crippen molar-refractivity contribution in [3.05, 3.63) is 120 Å². The third-order valence-corrected chi connectivity index (χ3v) is 5.81. The van der Waals surface area contributed by atoms with Gasteiger partial charge in [-0.1, -0.05) is 53.6 Å². The zero-order valence-corrected chi connectivity index (χ0v) is 20.0. The molecule has 1 aromatic heterocycles. The van der Waals surface area contributed by atoms with Gasteiger partial charge in [-0.05, 0) is 73.2 Å². The highest BCUT2D eigenvalue weighted by Crippen LogP contribution is 2.32. The lowest BCUT2D eigenvalue weighted by Crippen LogP contribution is -2.19. The Morgan fingerprint density at radius 1 is 0.833 bits per heavy atom. The van der Waals surface area contributed by atoms with Gasteiger partial charge in [0.05, 0.1) is 0 Å². The molecule has 0 saturated carbocycles. The highest BCUT2D eigenvalue weighted by Gasteiger charge is 2.17. The van der Waals surface area contributed by atoms with Crippen molar-refractivity contribution >= 4 is 23.3 Å². The van der Waals surface area contributed by atoms with Gasteiger partial charge in [0, 0.05) is 28.0 Å². The molecule has 0 bridgehead atoms. The van der Waals surface area contributed by atoms with Crippen LogP contribution in [-0.2, 0) is 0 Å². The van der Waals surface area contributed by atoms with Crippen LogP contribution in [0.15, 0.2) is 103 Å². The number of ether oxygens (including phenoxy) is 1. The number of hydrogen-bond acceptors (Lipinski definition) is 3. The van der Waals surface area contributed by atoms with E-state index in [0.29, 0.717) is 27.9 Å². The molecule has 36 heavy (non-hydrogen) atoms. The van der Waals surface area contributed by atoms with Crippen molar-refractivity contribution in [2.45, 2.75) is 6.92 Å². The molecule has 0 atom stereocenters. The van der Waals surface area contributed by atoms with Gasteiger partial charge in [-0.25, -0.2) is 9.18 Å². The van der Waals surface area contributed by atoms with E-state index in [1.54, 1.807) is 66.9 Å². The predicted molar refractivity (Wildman–Crippen MR) is 140 cm³/mol. The fraction of sp³-hybridized carbons (Fsp3) is 0.0345. The quantitative estimate of drug-likeness (QED) is 0.266. The molecule has 0 aliphatic heterocycles. The number of amides is 1.